The highest BCUT2D eigenvalue weighted by molar-refractivity contribution is 9.09. The zero-order valence-corrected chi connectivity index (χ0v) is 10.1. The first kappa shape index (κ1) is 13.1. The number of hydrogen-bond acceptors (Lipinski definition) is 1. The minimum atomic E-state index is -4.66. The summed E-state index contributed by atoms with van der Waals surface area (Å²) >= 11 is 3.23. The first-order valence-electron chi connectivity index (χ1n) is 4.50. The maximum atomic E-state index is 12.1. The molecule has 0 aliphatic rings. The summed E-state index contributed by atoms with van der Waals surface area (Å²) in [7, 11) is 0. The topological polar surface area (TPSA) is 9.23 Å². The molecule has 0 atom stereocenters. The van der Waals surface area contributed by atoms with Gasteiger partial charge in [-0.3, -0.25) is 0 Å². The van der Waals surface area contributed by atoms with Crippen LogP contribution in [0.4, 0.5) is 13.2 Å². The van der Waals surface area contributed by atoms with E-state index in [1.807, 2.05) is 6.92 Å². The maximum Gasteiger partial charge on any atom is 0.573 e. The fraction of sp³-hybridized carbons (Fsp3) is 0.273. The van der Waals surface area contributed by atoms with E-state index in [0.717, 1.165) is 5.57 Å². The van der Waals surface area contributed by atoms with Crippen LogP contribution in [0.25, 0.3) is 6.08 Å². The molecular weight excluding hydrogens is 285 g/mol. The molecule has 16 heavy (non-hydrogen) atoms. The average Bonchev–Trinajstić information content (AvgIpc) is 2.18. The first-order valence-corrected chi connectivity index (χ1v) is 5.62. The number of ether oxygens (including phenoxy) is 1. The Morgan fingerprint density at radius 3 is 2.56 bits per heavy atom. The van der Waals surface area contributed by atoms with Gasteiger partial charge in [0.25, 0.3) is 0 Å². The monoisotopic (exact) mass is 294 g/mol. The van der Waals surface area contributed by atoms with E-state index in [1.165, 1.54) is 12.1 Å². The van der Waals surface area contributed by atoms with Crippen LogP contribution < -0.4 is 4.74 Å². The Morgan fingerprint density at radius 1 is 1.38 bits per heavy atom. The molecule has 88 valence electrons. The van der Waals surface area contributed by atoms with Gasteiger partial charge in [-0.2, -0.15) is 0 Å². The van der Waals surface area contributed by atoms with E-state index in [-0.39, 0.29) is 5.75 Å². The summed E-state index contributed by atoms with van der Waals surface area (Å²) < 4.78 is 40.2. The van der Waals surface area contributed by atoms with E-state index in [9.17, 15) is 13.2 Å². The van der Waals surface area contributed by atoms with Gasteiger partial charge in [0.15, 0.2) is 0 Å². The summed E-state index contributed by atoms with van der Waals surface area (Å²) in [5.41, 5.74) is 1.33. The average molecular weight is 295 g/mol. The van der Waals surface area contributed by atoms with Crippen molar-refractivity contribution in [3.8, 4) is 5.75 Å². The van der Waals surface area contributed by atoms with Crippen LogP contribution in [0.3, 0.4) is 0 Å². The van der Waals surface area contributed by atoms with Gasteiger partial charge in [-0.05, 0) is 13.0 Å². The maximum absolute atomic E-state index is 12.1. The van der Waals surface area contributed by atoms with Crippen molar-refractivity contribution in [3.05, 3.63) is 35.4 Å². The summed E-state index contributed by atoms with van der Waals surface area (Å²) in [6.07, 6.45) is -3.01. The second-order valence-corrected chi connectivity index (χ2v) is 3.77. The lowest BCUT2D eigenvalue weighted by Crippen LogP contribution is -2.17. The van der Waals surface area contributed by atoms with Gasteiger partial charge in [0, 0.05) is 10.9 Å². The van der Waals surface area contributed by atoms with E-state index in [1.54, 1.807) is 18.2 Å². The molecule has 0 aliphatic heterocycles. The van der Waals surface area contributed by atoms with Crippen molar-refractivity contribution in [2.45, 2.75) is 13.3 Å². The minimum absolute atomic E-state index is 0.185. The van der Waals surface area contributed by atoms with Crippen molar-refractivity contribution in [1.29, 1.82) is 0 Å². The van der Waals surface area contributed by atoms with E-state index in [2.05, 4.69) is 20.7 Å². The van der Waals surface area contributed by atoms with E-state index in [0.29, 0.717) is 10.9 Å². The van der Waals surface area contributed by atoms with E-state index in [4.69, 9.17) is 0 Å². The summed E-state index contributed by atoms with van der Waals surface area (Å²) in [5, 5.41) is 0.605. The summed E-state index contributed by atoms with van der Waals surface area (Å²) in [6, 6.07) is 6.03. The first-order chi connectivity index (χ1) is 7.42. The number of rotatable bonds is 3. The third-order valence-corrected chi connectivity index (χ3v) is 2.64. The Hall–Kier alpha value is -0.970. The molecule has 0 bridgehead atoms. The number of hydrogen-bond donors (Lipinski definition) is 0. The van der Waals surface area contributed by atoms with Crippen molar-refractivity contribution in [1.82, 2.24) is 0 Å². The van der Waals surface area contributed by atoms with Crippen molar-refractivity contribution in [2.75, 3.05) is 5.33 Å². The zero-order valence-electron chi connectivity index (χ0n) is 8.51. The summed E-state index contributed by atoms with van der Waals surface area (Å²) in [5.74, 6) is -0.185. The van der Waals surface area contributed by atoms with Crippen molar-refractivity contribution in [3.63, 3.8) is 0 Å². The molecular formula is C11H10BrF3O. The molecule has 0 saturated carbocycles. The van der Waals surface area contributed by atoms with Gasteiger partial charge in [0.2, 0.25) is 0 Å². The van der Waals surface area contributed by atoms with Crippen molar-refractivity contribution < 1.29 is 17.9 Å². The SMILES string of the molecule is CC(=Cc1ccccc1OC(F)(F)F)CBr. The van der Waals surface area contributed by atoms with Crippen LogP contribution in [0.2, 0.25) is 0 Å². The van der Waals surface area contributed by atoms with Crippen molar-refractivity contribution in [2.24, 2.45) is 0 Å². The molecule has 0 spiro atoms. The fourth-order valence-electron chi connectivity index (χ4n) is 1.12. The molecule has 0 aliphatic carbocycles. The molecule has 5 heteroatoms. The number of para-hydroxylation sites is 1. The molecule has 0 radical (unpaired) electrons. The molecule has 0 saturated heterocycles. The highest BCUT2D eigenvalue weighted by atomic mass is 79.9. The summed E-state index contributed by atoms with van der Waals surface area (Å²) in [4.78, 5) is 0. The summed E-state index contributed by atoms with van der Waals surface area (Å²) in [6.45, 7) is 1.82. The van der Waals surface area contributed by atoms with Crippen LogP contribution in [0.5, 0.6) is 5.75 Å². The lowest BCUT2D eigenvalue weighted by Gasteiger charge is -2.11. The van der Waals surface area contributed by atoms with Crippen LogP contribution in [0, 0.1) is 0 Å². The molecule has 1 aromatic carbocycles. The van der Waals surface area contributed by atoms with Crippen LogP contribution >= 0.6 is 15.9 Å². The smallest absolute Gasteiger partial charge is 0.405 e. The van der Waals surface area contributed by atoms with Gasteiger partial charge >= 0.3 is 6.36 Å². The van der Waals surface area contributed by atoms with Gasteiger partial charge in [0.1, 0.15) is 5.75 Å². The molecule has 0 heterocycles. The predicted molar refractivity (Wildman–Crippen MR) is 60.6 cm³/mol. The molecule has 1 aromatic rings. The van der Waals surface area contributed by atoms with Crippen LogP contribution in [0.15, 0.2) is 29.8 Å². The van der Waals surface area contributed by atoms with Crippen LogP contribution in [-0.2, 0) is 0 Å². The Bertz CT molecular complexity index is 385. The fourth-order valence-corrected chi connectivity index (χ4v) is 1.28. The van der Waals surface area contributed by atoms with Gasteiger partial charge in [-0.25, -0.2) is 0 Å². The largest absolute Gasteiger partial charge is 0.573 e. The Balaban J connectivity index is 3.01. The zero-order chi connectivity index (χ0) is 12.2. The third-order valence-electron chi connectivity index (χ3n) is 1.76. The Labute approximate surface area is 100 Å². The van der Waals surface area contributed by atoms with Gasteiger partial charge in [-0.1, -0.05) is 45.8 Å². The standard InChI is InChI=1S/C11H10BrF3O/c1-8(7-12)6-9-4-2-3-5-10(9)16-11(13,14)15/h2-6H,7H2,1H3. The molecule has 0 aromatic heterocycles. The van der Waals surface area contributed by atoms with Gasteiger partial charge < -0.3 is 4.74 Å². The molecule has 1 rings (SSSR count). The van der Waals surface area contributed by atoms with Crippen LogP contribution in [0.1, 0.15) is 12.5 Å². The number of benzene rings is 1. The van der Waals surface area contributed by atoms with Gasteiger partial charge in [-0.15, -0.1) is 13.2 Å². The normalized spacial score (nSPS) is 12.7. The Morgan fingerprint density at radius 2 is 2.00 bits per heavy atom. The number of halogens is 4. The molecule has 0 amide bonds. The molecule has 0 fully saturated rings. The van der Waals surface area contributed by atoms with Crippen LogP contribution in [-0.4, -0.2) is 11.7 Å². The second kappa shape index (κ2) is 5.39. The quantitative estimate of drug-likeness (QED) is 0.752. The third kappa shape index (κ3) is 4.26. The van der Waals surface area contributed by atoms with Crippen molar-refractivity contribution >= 4 is 22.0 Å². The lowest BCUT2D eigenvalue weighted by atomic mass is 10.1. The number of allylic oxidation sites excluding steroid dienone is 1. The second-order valence-electron chi connectivity index (χ2n) is 3.21. The highest BCUT2D eigenvalue weighted by Crippen LogP contribution is 2.27. The Kier molecular flexibility index (Phi) is 4.41. The minimum Gasteiger partial charge on any atom is -0.405 e. The highest BCUT2D eigenvalue weighted by Gasteiger charge is 2.31. The van der Waals surface area contributed by atoms with Gasteiger partial charge in [0.05, 0.1) is 0 Å². The van der Waals surface area contributed by atoms with E-state index >= 15 is 0 Å². The van der Waals surface area contributed by atoms with E-state index < -0.39 is 6.36 Å². The lowest BCUT2D eigenvalue weighted by molar-refractivity contribution is -0.274. The molecule has 0 N–H and O–H groups in total. The molecule has 1 nitrogen and oxygen atoms in total. The molecule has 0 unspecified atom stereocenters. The predicted octanol–water partition coefficient (Wildman–Crippen LogP) is 4.38. The number of alkyl halides is 4.